The third-order valence-electron chi connectivity index (χ3n) is 4.54. The fraction of sp³-hybridized carbons (Fsp3) is 0.556. The molecule has 0 unspecified atom stereocenters. The van der Waals surface area contributed by atoms with Crippen molar-refractivity contribution in [2.24, 2.45) is 0 Å². The van der Waals surface area contributed by atoms with Gasteiger partial charge in [0, 0.05) is 30.8 Å². The molecule has 3 heterocycles. The summed E-state index contributed by atoms with van der Waals surface area (Å²) >= 11 is 0. The number of amides is 1. The van der Waals surface area contributed by atoms with Gasteiger partial charge < -0.3 is 14.2 Å². The summed E-state index contributed by atoms with van der Waals surface area (Å²) in [6.07, 6.45) is 4.65. The Morgan fingerprint density at radius 1 is 1.40 bits per heavy atom. The topological polar surface area (TPSA) is 81.4 Å². The molecule has 2 aromatic heterocycles. The molecule has 0 saturated carbocycles. The average Bonchev–Trinajstić information content (AvgIpc) is 2.91. The quantitative estimate of drug-likeness (QED) is 0.828. The van der Waals surface area contributed by atoms with Gasteiger partial charge in [-0.25, -0.2) is 4.98 Å². The number of likely N-dealkylation sites (tertiary alicyclic amines) is 1. The summed E-state index contributed by atoms with van der Waals surface area (Å²) in [5.74, 6) is 2.19. The van der Waals surface area contributed by atoms with Crippen molar-refractivity contribution >= 4 is 5.91 Å². The van der Waals surface area contributed by atoms with E-state index >= 15 is 0 Å². The van der Waals surface area contributed by atoms with E-state index in [-0.39, 0.29) is 12.0 Å². The highest BCUT2D eigenvalue weighted by atomic mass is 16.5. The standard InChI is InChI=1S/C18H24N4O3/c1-12-16(13(2)25-21-12)6-7-18(23)22-10-4-5-15(11-22)24-17-8-9-19-14(3)20-17/h8-9,15H,4-7,10-11H2,1-3H3/t15-/m1/s1. The summed E-state index contributed by atoms with van der Waals surface area (Å²) in [6.45, 7) is 7.00. The van der Waals surface area contributed by atoms with Crippen molar-refractivity contribution < 1.29 is 14.1 Å². The van der Waals surface area contributed by atoms with E-state index in [0.717, 1.165) is 36.4 Å². The van der Waals surface area contributed by atoms with Gasteiger partial charge in [-0.1, -0.05) is 5.16 Å². The number of aromatic nitrogens is 3. The van der Waals surface area contributed by atoms with Crippen LogP contribution in [0.2, 0.25) is 0 Å². The van der Waals surface area contributed by atoms with Gasteiger partial charge in [-0.05, 0) is 40.0 Å². The predicted molar refractivity (Wildman–Crippen MR) is 91.3 cm³/mol. The Morgan fingerprint density at radius 2 is 2.24 bits per heavy atom. The van der Waals surface area contributed by atoms with Crippen LogP contribution in [0.4, 0.5) is 0 Å². The number of carbonyl (C=O) groups excluding carboxylic acids is 1. The Kier molecular flexibility index (Phi) is 5.31. The number of hydrogen-bond donors (Lipinski definition) is 0. The second-order valence-electron chi connectivity index (χ2n) is 6.47. The van der Waals surface area contributed by atoms with Crippen LogP contribution in [0.15, 0.2) is 16.8 Å². The zero-order valence-electron chi connectivity index (χ0n) is 15.0. The van der Waals surface area contributed by atoms with Crippen LogP contribution in [0.25, 0.3) is 0 Å². The van der Waals surface area contributed by atoms with E-state index in [2.05, 4.69) is 15.1 Å². The minimum atomic E-state index is -0.0222. The monoisotopic (exact) mass is 344 g/mol. The first-order valence-electron chi connectivity index (χ1n) is 8.68. The number of rotatable bonds is 5. The summed E-state index contributed by atoms with van der Waals surface area (Å²) in [4.78, 5) is 22.8. The van der Waals surface area contributed by atoms with Gasteiger partial charge in [0.25, 0.3) is 0 Å². The van der Waals surface area contributed by atoms with Crippen molar-refractivity contribution in [3.63, 3.8) is 0 Å². The zero-order valence-corrected chi connectivity index (χ0v) is 15.0. The molecular weight excluding hydrogens is 320 g/mol. The smallest absolute Gasteiger partial charge is 0.223 e. The Morgan fingerprint density at radius 3 is 2.96 bits per heavy atom. The molecule has 0 aliphatic carbocycles. The summed E-state index contributed by atoms with van der Waals surface area (Å²) in [6, 6.07) is 1.76. The molecular formula is C18H24N4O3. The van der Waals surface area contributed by atoms with Gasteiger partial charge in [0.2, 0.25) is 11.8 Å². The molecule has 2 aromatic rings. The predicted octanol–water partition coefficient (Wildman–Crippen LogP) is 2.39. The normalized spacial score (nSPS) is 17.6. The van der Waals surface area contributed by atoms with E-state index in [1.54, 1.807) is 12.3 Å². The highest BCUT2D eigenvalue weighted by molar-refractivity contribution is 5.76. The SMILES string of the molecule is Cc1nccc(O[C@@H]2CCCN(C(=O)CCc3c(C)noc3C)C2)n1. The second-order valence-corrected chi connectivity index (χ2v) is 6.47. The molecule has 0 N–H and O–H groups in total. The number of ether oxygens (including phenoxy) is 1. The number of aryl methyl sites for hydroxylation is 3. The Bertz CT molecular complexity index is 724. The van der Waals surface area contributed by atoms with Crippen molar-refractivity contribution in [2.75, 3.05) is 13.1 Å². The lowest BCUT2D eigenvalue weighted by molar-refractivity contribution is -0.133. The second kappa shape index (κ2) is 7.63. The molecule has 1 aliphatic heterocycles. The van der Waals surface area contributed by atoms with Crippen molar-refractivity contribution in [1.82, 2.24) is 20.0 Å². The Hall–Kier alpha value is -2.44. The van der Waals surface area contributed by atoms with Gasteiger partial charge >= 0.3 is 0 Å². The minimum absolute atomic E-state index is 0.0222. The van der Waals surface area contributed by atoms with Gasteiger partial charge in [-0.15, -0.1) is 0 Å². The highest BCUT2D eigenvalue weighted by Gasteiger charge is 2.25. The molecule has 1 saturated heterocycles. The van der Waals surface area contributed by atoms with Crippen LogP contribution < -0.4 is 4.74 Å². The molecule has 134 valence electrons. The number of carbonyl (C=O) groups is 1. The van der Waals surface area contributed by atoms with Crippen LogP contribution in [0.5, 0.6) is 5.88 Å². The van der Waals surface area contributed by atoms with E-state index in [1.165, 1.54) is 0 Å². The summed E-state index contributed by atoms with van der Waals surface area (Å²) in [5, 5.41) is 3.94. The van der Waals surface area contributed by atoms with Crippen molar-refractivity contribution in [3.05, 3.63) is 35.1 Å². The lowest BCUT2D eigenvalue weighted by Crippen LogP contribution is -2.44. The van der Waals surface area contributed by atoms with E-state index in [9.17, 15) is 4.79 Å². The molecule has 7 heteroatoms. The largest absolute Gasteiger partial charge is 0.472 e. The minimum Gasteiger partial charge on any atom is -0.472 e. The number of hydrogen-bond acceptors (Lipinski definition) is 6. The first-order valence-corrected chi connectivity index (χ1v) is 8.68. The lowest BCUT2D eigenvalue weighted by Gasteiger charge is -2.32. The maximum absolute atomic E-state index is 12.6. The van der Waals surface area contributed by atoms with Gasteiger partial charge in [0.1, 0.15) is 17.7 Å². The van der Waals surface area contributed by atoms with E-state index in [1.807, 2.05) is 25.7 Å². The molecule has 0 bridgehead atoms. The lowest BCUT2D eigenvalue weighted by atomic mass is 10.1. The maximum Gasteiger partial charge on any atom is 0.223 e. The van der Waals surface area contributed by atoms with E-state index in [0.29, 0.717) is 31.1 Å². The van der Waals surface area contributed by atoms with Gasteiger partial charge in [-0.3, -0.25) is 4.79 Å². The number of piperidine rings is 1. The van der Waals surface area contributed by atoms with Crippen LogP contribution in [0.3, 0.4) is 0 Å². The molecule has 0 aromatic carbocycles. The average molecular weight is 344 g/mol. The zero-order chi connectivity index (χ0) is 17.8. The summed E-state index contributed by atoms with van der Waals surface area (Å²) < 4.78 is 11.1. The van der Waals surface area contributed by atoms with Crippen molar-refractivity contribution in [1.29, 1.82) is 0 Å². The van der Waals surface area contributed by atoms with E-state index < -0.39 is 0 Å². The maximum atomic E-state index is 12.6. The van der Waals surface area contributed by atoms with Crippen LogP contribution in [0, 0.1) is 20.8 Å². The van der Waals surface area contributed by atoms with E-state index in [4.69, 9.17) is 9.26 Å². The molecule has 1 fully saturated rings. The first-order chi connectivity index (χ1) is 12.0. The van der Waals surface area contributed by atoms with Gasteiger partial charge in [0.05, 0.1) is 12.2 Å². The summed E-state index contributed by atoms with van der Waals surface area (Å²) in [7, 11) is 0. The molecule has 0 radical (unpaired) electrons. The highest BCUT2D eigenvalue weighted by Crippen LogP contribution is 2.19. The fourth-order valence-electron chi connectivity index (χ4n) is 3.18. The third-order valence-corrected chi connectivity index (χ3v) is 4.54. The molecule has 7 nitrogen and oxygen atoms in total. The first kappa shape index (κ1) is 17.4. The Balaban J connectivity index is 1.54. The molecule has 25 heavy (non-hydrogen) atoms. The number of nitrogens with zero attached hydrogens (tertiary/aromatic N) is 4. The fourth-order valence-corrected chi connectivity index (χ4v) is 3.18. The summed E-state index contributed by atoms with van der Waals surface area (Å²) in [5.41, 5.74) is 1.90. The van der Waals surface area contributed by atoms with Gasteiger partial charge in [-0.2, -0.15) is 4.98 Å². The molecule has 1 aliphatic rings. The van der Waals surface area contributed by atoms with Crippen molar-refractivity contribution in [3.8, 4) is 5.88 Å². The van der Waals surface area contributed by atoms with Crippen LogP contribution in [-0.2, 0) is 11.2 Å². The van der Waals surface area contributed by atoms with Crippen molar-refractivity contribution in [2.45, 2.75) is 52.6 Å². The third kappa shape index (κ3) is 4.35. The van der Waals surface area contributed by atoms with Gasteiger partial charge in [0.15, 0.2) is 0 Å². The molecule has 1 amide bonds. The van der Waals surface area contributed by atoms with Crippen LogP contribution >= 0.6 is 0 Å². The Labute approximate surface area is 147 Å². The van der Waals surface area contributed by atoms with Crippen LogP contribution in [-0.4, -0.2) is 45.1 Å². The molecule has 3 rings (SSSR count). The molecule has 1 atom stereocenters. The van der Waals surface area contributed by atoms with Crippen LogP contribution in [0.1, 0.15) is 42.1 Å². The molecule has 0 spiro atoms.